The molecule has 0 aliphatic heterocycles. The average Bonchev–Trinajstić information content (AvgIpc) is 2.62. The second kappa shape index (κ2) is 13.1. The van der Waals surface area contributed by atoms with Crippen LogP contribution in [0.5, 0.6) is 0 Å². The molecule has 0 saturated carbocycles. The molecule has 0 atom stereocenters. The van der Waals surface area contributed by atoms with Gasteiger partial charge in [0.1, 0.15) is 5.79 Å². The van der Waals surface area contributed by atoms with E-state index in [9.17, 15) is 0 Å². The zero-order valence-electron chi connectivity index (χ0n) is 17.7. The highest BCUT2D eigenvalue weighted by Crippen LogP contribution is 2.39. The van der Waals surface area contributed by atoms with Crippen LogP contribution < -0.4 is 0 Å². The maximum absolute atomic E-state index is 6.97. The molecule has 152 valence electrons. The second-order valence-corrected chi connectivity index (χ2v) is 14.7. The minimum absolute atomic E-state index is 0.609. The molecule has 0 unspecified atom stereocenters. The molecule has 0 rings (SSSR count). The molecule has 0 aromatic carbocycles. The molecule has 4 heteroatoms. The van der Waals surface area contributed by atoms with Crippen LogP contribution in [-0.2, 0) is 8.85 Å². The van der Waals surface area contributed by atoms with Gasteiger partial charge in [0, 0.05) is 0 Å². The molecule has 0 saturated heterocycles. The molecule has 0 amide bonds. The summed E-state index contributed by atoms with van der Waals surface area (Å²) in [5.74, 6) is -0.609. The summed E-state index contributed by atoms with van der Waals surface area (Å²) >= 11 is 0. The van der Waals surface area contributed by atoms with E-state index in [2.05, 4.69) is 53.3 Å². The lowest BCUT2D eigenvalue weighted by molar-refractivity contribution is -0.135. The first-order valence-corrected chi connectivity index (χ1v) is 15.0. The summed E-state index contributed by atoms with van der Waals surface area (Å²) in [5.41, 5.74) is 0. The number of hydrogen-bond acceptors (Lipinski definition) is 2. The summed E-state index contributed by atoms with van der Waals surface area (Å²) in [6.45, 7) is 28.1. The van der Waals surface area contributed by atoms with Crippen LogP contribution in [0.15, 0.2) is 75.9 Å². The van der Waals surface area contributed by atoms with Crippen LogP contribution in [0.4, 0.5) is 0 Å². The Morgan fingerprint density at radius 3 is 0.926 bits per heavy atom. The lowest BCUT2D eigenvalue weighted by Crippen LogP contribution is -2.54. The monoisotopic (exact) mass is 404 g/mol. The fraction of sp³-hybridized carbons (Fsp3) is 0.478. The fourth-order valence-electron chi connectivity index (χ4n) is 3.68. The predicted octanol–water partition coefficient (Wildman–Crippen LogP) is 7.54. The van der Waals surface area contributed by atoms with E-state index < -0.39 is 22.4 Å². The Hall–Kier alpha value is -1.21. The van der Waals surface area contributed by atoms with E-state index in [1.54, 1.807) is 0 Å². The number of allylic oxidation sites excluding steroid dienone is 6. The van der Waals surface area contributed by atoms with Crippen molar-refractivity contribution in [2.45, 2.75) is 68.7 Å². The normalized spacial score (nSPS) is 12.2. The first-order valence-electron chi connectivity index (χ1n) is 9.96. The smallest absolute Gasteiger partial charge is 0.207 e. The van der Waals surface area contributed by atoms with Gasteiger partial charge in [0.05, 0.1) is 0 Å². The SMILES string of the molecule is C=CC[Si](CC=C)(CC=C)OC(CC)(CC)O[Si](CC=C)(CC=C)CC=C. The number of hydrogen-bond donors (Lipinski definition) is 0. The highest BCUT2D eigenvalue weighted by atomic mass is 28.4. The van der Waals surface area contributed by atoms with E-state index in [1.807, 2.05) is 36.5 Å². The summed E-state index contributed by atoms with van der Waals surface area (Å²) < 4.78 is 13.9. The molecular weight excluding hydrogens is 364 g/mol. The molecule has 0 aliphatic carbocycles. The molecule has 0 radical (unpaired) electrons. The maximum Gasteiger partial charge on any atom is 0.207 e. The van der Waals surface area contributed by atoms with Crippen LogP contribution in [0.1, 0.15) is 26.7 Å². The molecule has 27 heavy (non-hydrogen) atoms. The molecule has 0 N–H and O–H groups in total. The van der Waals surface area contributed by atoms with Crippen molar-refractivity contribution in [1.82, 2.24) is 0 Å². The summed E-state index contributed by atoms with van der Waals surface area (Å²) in [5, 5.41) is 0. The van der Waals surface area contributed by atoms with Gasteiger partial charge in [-0.25, -0.2) is 0 Å². The topological polar surface area (TPSA) is 18.5 Å². The highest BCUT2D eigenvalue weighted by Gasteiger charge is 2.46. The maximum atomic E-state index is 6.97. The first kappa shape index (κ1) is 25.8. The van der Waals surface area contributed by atoms with Gasteiger partial charge >= 0.3 is 0 Å². The summed E-state index contributed by atoms with van der Waals surface area (Å²) in [7, 11) is -4.35. The van der Waals surface area contributed by atoms with Gasteiger partial charge in [-0.05, 0) is 49.1 Å². The van der Waals surface area contributed by atoms with E-state index in [1.165, 1.54) is 0 Å². The van der Waals surface area contributed by atoms with Gasteiger partial charge in [0.25, 0.3) is 0 Å². The lowest BCUT2D eigenvalue weighted by Gasteiger charge is -2.47. The molecule has 0 bridgehead atoms. The molecule has 2 nitrogen and oxygen atoms in total. The third-order valence-corrected chi connectivity index (χ3v) is 12.8. The van der Waals surface area contributed by atoms with Crippen LogP contribution in [0.3, 0.4) is 0 Å². The van der Waals surface area contributed by atoms with Crippen molar-refractivity contribution in [2.75, 3.05) is 0 Å². The van der Waals surface area contributed by atoms with Crippen molar-refractivity contribution in [2.24, 2.45) is 0 Å². The largest absolute Gasteiger partial charge is 0.390 e. The molecule has 0 spiro atoms. The van der Waals surface area contributed by atoms with Gasteiger partial charge in [0.15, 0.2) is 0 Å². The van der Waals surface area contributed by atoms with Crippen LogP contribution in [-0.4, -0.2) is 22.4 Å². The minimum atomic E-state index is -2.18. The van der Waals surface area contributed by atoms with Crippen molar-refractivity contribution in [3.05, 3.63) is 75.9 Å². The Morgan fingerprint density at radius 1 is 0.556 bits per heavy atom. The quantitative estimate of drug-likeness (QED) is 0.133. The summed E-state index contributed by atoms with van der Waals surface area (Å²) in [4.78, 5) is 0. The molecule has 0 aliphatic rings. The second-order valence-electron chi connectivity index (χ2n) is 7.14. The van der Waals surface area contributed by atoms with E-state index in [4.69, 9.17) is 8.85 Å². The Balaban J connectivity index is 6.07. The highest BCUT2D eigenvalue weighted by molar-refractivity contribution is 6.76. The fourth-order valence-corrected chi connectivity index (χ4v) is 10.7. The van der Waals surface area contributed by atoms with Crippen LogP contribution >= 0.6 is 0 Å². The molecule has 0 aromatic heterocycles. The standard InChI is InChI=1S/C23H40O2Si2/c1-9-17-26(18-10-2,19-11-3)24-23(15-7,16-8)25-27(20-12-4,21-13-5)22-14-6/h9-14H,1-6,15-22H2,7-8H3. The third-order valence-electron chi connectivity index (χ3n) is 4.98. The van der Waals surface area contributed by atoms with Gasteiger partial charge in [-0.3, -0.25) is 0 Å². The third kappa shape index (κ3) is 7.74. The zero-order valence-corrected chi connectivity index (χ0v) is 19.7. The van der Waals surface area contributed by atoms with Crippen molar-refractivity contribution < 1.29 is 8.85 Å². The molecular formula is C23H40O2Si2. The van der Waals surface area contributed by atoms with E-state index in [0.717, 1.165) is 49.1 Å². The van der Waals surface area contributed by atoms with Crippen LogP contribution in [0.25, 0.3) is 0 Å². The minimum Gasteiger partial charge on any atom is -0.390 e. The van der Waals surface area contributed by atoms with E-state index in [-0.39, 0.29) is 0 Å². The number of rotatable bonds is 18. The van der Waals surface area contributed by atoms with Crippen LogP contribution in [0, 0.1) is 0 Å². The summed E-state index contributed by atoms with van der Waals surface area (Å²) in [6, 6.07) is 5.14. The molecule has 0 heterocycles. The Labute approximate surface area is 170 Å². The van der Waals surface area contributed by atoms with Crippen molar-refractivity contribution in [3.63, 3.8) is 0 Å². The Morgan fingerprint density at radius 2 is 0.778 bits per heavy atom. The van der Waals surface area contributed by atoms with Crippen molar-refractivity contribution >= 4 is 16.6 Å². The van der Waals surface area contributed by atoms with Crippen LogP contribution in [0.2, 0.25) is 36.3 Å². The Bertz CT molecular complexity index is 411. The van der Waals surface area contributed by atoms with Gasteiger partial charge in [-0.1, -0.05) is 50.3 Å². The lowest BCUT2D eigenvalue weighted by atomic mass is 10.2. The zero-order chi connectivity index (χ0) is 20.8. The molecule has 0 fully saturated rings. The average molecular weight is 405 g/mol. The van der Waals surface area contributed by atoms with Gasteiger partial charge in [0.2, 0.25) is 16.6 Å². The Kier molecular flexibility index (Phi) is 12.5. The first-order chi connectivity index (χ1) is 12.9. The van der Waals surface area contributed by atoms with Gasteiger partial charge in [-0.2, -0.15) is 0 Å². The van der Waals surface area contributed by atoms with Gasteiger partial charge in [-0.15, -0.1) is 39.5 Å². The van der Waals surface area contributed by atoms with Gasteiger partial charge < -0.3 is 8.85 Å². The van der Waals surface area contributed by atoms with Crippen molar-refractivity contribution in [3.8, 4) is 0 Å². The molecule has 0 aromatic rings. The van der Waals surface area contributed by atoms with Crippen molar-refractivity contribution in [1.29, 1.82) is 0 Å². The van der Waals surface area contributed by atoms with E-state index >= 15 is 0 Å². The predicted molar refractivity (Wildman–Crippen MR) is 127 cm³/mol. The van der Waals surface area contributed by atoms with E-state index in [0.29, 0.717) is 0 Å². The summed E-state index contributed by atoms with van der Waals surface area (Å²) in [6.07, 6.45) is 13.4.